The van der Waals surface area contributed by atoms with Gasteiger partial charge in [0.2, 0.25) is 0 Å². The zero-order chi connectivity index (χ0) is 15.4. The smallest absolute Gasteiger partial charge is 0.268 e. The molecule has 1 aromatic rings. The summed E-state index contributed by atoms with van der Waals surface area (Å²) in [5.41, 5.74) is 1.92. The molecule has 0 bridgehead atoms. The molecule has 1 aromatic carbocycles. The molecule has 1 rings (SSSR count). The fourth-order valence-corrected chi connectivity index (χ4v) is 2.42. The lowest BCUT2D eigenvalue weighted by atomic mass is 10.1. The standard InChI is InChI=1S/C14H24NO4P/c1-12-6-8-14(9-7-12)13(2)19-20(16,17)18-11-10-15(3,4)5/h6-9,13H,10-11H2,1-5H3. The third-order valence-corrected chi connectivity index (χ3v) is 3.92. The van der Waals surface area contributed by atoms with Crippen LogP contribution in [0.2, 0.25) is 0 Å². The fraction of sp³-hybridized carbons (Fsp3) is 0.571. The second-order valence-electron chi connectivity index (χ2n) is 5.95. The van der Waals surface area contributed by atoms with E-state index in [9.17, 15) is 9.46 Å². The van der Waals surface area contributed by atoms with Crippen molar-refractivity contribution in [2.45, 2.75) is 20.0 Å². The highest BCUT2D eigenvalue weighted by Gasteiger charge is 2.17. The van der Waals surface area contributed by atoms with Gasteiger partial charge in [-0.25, -0.2) is 0 Å². The molecule has 114 valence electrons. The van der Waals surface area contributed by atoms with Crippen LogP contribution in [0.5, 0.6) is 0 Å². The van der Waals surface area contributed by atoms with Crippen LogP contribution in [0.4, 0.5) is 0 Å². The SMILES string of the molecule is Cc1ccc(C(C)OP(=O)([O-])OCC[N+](C)(C)C)cc1. The van der Waals surface area contributed by atoms with Crippen LogP contribution in [0.1, 0.15) is 24.2 Å². The van der Waals surface area contributed by atoms with Crippen molar-refractivity contribution in [1.82, 2.24) is 0 Å². The van der Waals surface area contributed by atoms with Crippen molar-refractivity contribution >= 4 is 7.82 Å². The van der Waals surface area contributed by atoms with Crippen LogP contribution in [0.25, 0.3) is 0 Å². The van der Waals surface area contributed by atoms with Gasteiger partial charge in [-0.15, -0.1) is 0 Å². The maximum absolute atomic E-state index is 11.7. The van der Waals surface area contributed by atoms with E-state index in [1.165, 1.54) is 0 Å². The zero-order valence-electron chi connectivity index (χ0n) is 12.8. The first-order valence-electron chi connectivity index (χ1n) is 6.60. The van der Waals surface area contributed by atoms with Crippen LogP contribution in [0.3, 0.4) is 0 Å². The van der Waals surface area contributed by atoms with E-state index < -0.39 is 13.9 Å². The van der Waals surface area contributed by atoms with Crippen molar-refractivity contribution in [2.75, 3.05) is 34.3 Å². The van der Waals surface area contributed by atoms with Gasteiger partial charge in [0, 0.05) is 0 Å². The first kappa shape index (κ1) is 17.3. The number of aryl methyl sites for hydroxylation is 1. The van der Waals surface area contributed by atoms with E-state index in [0.717, 1.165) is 11.1 Å². The summed E-state index contributed by atoms with van der Waals surface area (Å²) in [4.78, 5) is 11.7. The maximum atomic E-state index is 11.7. The molecule has 0 aliphatic rings. The molecule has 0 saturated carbocycles. The van der Waals surface area contributed by atoms with Crippen molar-refractivity contribution in [1.29, 1.82) is 0 Å². The first-order chi connectivity index (χ1) is 9.09. The molecule has 0 radical (unpaired) electrons. The van der Waals surface area contributed by atoms with Gasteiger partial charge in [0.15, 0.2) is 0 Å². The topological polar surface area (TPSA) is 58.6 Å². The molecule has 5 nitrogen and oxygen atoms in total. The molecule has 2 atom stereocenters. The lowest BCUT2D eigenvalue weighted by Crippen LogP contribution is -2.37. The molecule has 0 amide bonds. The van der Waals surface area contributed by atoms with E-state index in [1.54, 1.807) is 6.92 Å². The summed E-state index contributed by atoms with van der Waals surface area (Å²) in [6, 6.07) is 7.55. The van der Waals surface area contributed by atoms with Gasteiger partial charge >= 0.3 is 0 Å². The minimum absolute atomic E-state index is 0.116. The summed E-state index contributed by atoms with van der Waals surface area (Å²) < 4.78 is 22.3. The molecule has 0 aromatic heterocycles. The van der Waals surface area contributed by atoms with Crippen LogP contribution in [0.15, 0.2) is 24.3 Å². The van der Waals surface area contributed by atoms with Gasteiger partial charge in [-0.05, 0) is 19.4 Å². The first-order valence-corrected chi connectivity index (χ1v) is 8.06. The number of nitrogens with zero attached hydrogens (tertiary/aromatic N) is 1. The highest BCUT2D eigenvalue weighted by atomic mass is 31.2. The molecule has 0 N–H and O–H groups in total. The Bertz CT molecular complexity index is 467. The second kappa shape index (κ2) is 6.83. The summed E-state index contributed by atoms with van der Waals surface area (Å²) in [5, 5.41) is 0. The Morgan fingerprint density at radius 1 is 1.25 bits per heavy atom. The van der Waals surface area contributed by atoms with Gasteiger partial charge in [-0.3, -0.25) is 4.57 Å². The lowest BCUT2D eigenvalue weighted by molar-refractivity contribution is -0.870. The molecule has 0 heterocycles. The third kappa shape index (κ3) is 6.64. The van der Waals surface area contributed by atoms with Gasteiger partial charge in [-0.1, -0.05) is 29.8 Å². The Kier molecular flexibility index (Phi) is 5.92. The van der Waals surface area contributed by atoms with Crippen LogP contribution in [-0.4, -0.2) is 38.8 Å². The molecular weight excluding hydrogens is 277 g/mol. The van der Waals surface area contributed by atoms with E-state index in [2.05, 4.69) is 0 Å². The van der Waals surface area contributed by atoms with E-state index in [0.29, 0.717) is 11.0 Å². The van der Waals surface area contributed by atoms with Crippen LogP contribution in [-0.2, 0) is 13.6 Å². The third-order valence-electron chi connectivity index (χ3n) is 2.85. The summed E-state index contributed by atoms with van der Waals surface area (Å²) in [6.45, 7) is 4.37. The molecule has 6 heteroatoms. The second-order valence-corrected chi connectivity index (χ2v) is 7.32. The number of rotatable bonds is 7. The van der Waals surface area contributed by atoms with Crippen molar-refractivity contribution in [3.05, 3.63) is 35.4 Å². The molecule has 2 unspecified atom stereocenters. The average molecular weight is 301 g/mol. The summed E-state index contributed by atoms with van der Waals surface area (Å²) >= 11 is 0. The van der Waals surface area contributed by atoms with E-state index in [4.69, 9.17) is 9.05 Å². The van der Waals surface area contributed by atoms with Crippen LogP contribution in [0, 0.1) is 6.92 Å². The van der Waals surface area contributed by atoms with Crippen LogP contribution < -0.4 is 4.89 Å². The van der Waals surface area contributed by atoms with Gasteiger partial charge in [0.1, 0.15) is 13.2 Å². The molecular formula is C14H24NO4P. The summed E-state index contributed by atoms with van der Waals surface area (Å²) in [6.07, 6.45) is -0.553. The van der Waals surface area contributed by atoms with Gasteiger partial charge in [0.25, 0.3) is 7.82 Å². The fourth-order valence-electron chi connectivity index (χ4n) is 1.55. The Balaban J connectivity index is 2.53. The Morgan fingerprint density at radius 2 is 1.80 bits per heavy atom. The monoisotopic (exact) mass is 301 g/mol. The quantitative estimate of drug-likeness (QED) is 0.572. The molecule has 0 fully saturated rings. The number of likely N-dealkylation sites (N-methyl/N-ethyl adjacent to an activating group) is 1. The minimum Gasteiger partial charge on any atom is -0.756 e. The van der Waals surface area contributed by atoms with Crippen molar-refractivity contribution in [3.8, 4) is 0 Å². The molecule has 0 aliphatic heterocycles. The Labute approximate surface area is 121 Å². The highest BCUT2D eigenvalue weighted by molar-refractivity contribution is 7.45. The summed E-state index contributed by atoms with van der Waals surface area (Å²) in [5.74, 6) is 0. The maximum Gasteiger partial charge on any atom is 0.268 e. The van der Waals surface area contributed by atoms with Gasteiger partial charge < -0.3 is 18.4 Å². The van der Waals surface area contributed by atoms with Gasteiger partial charge in [-0.2, -0.15) is 0 Å². The van der Waals surface area contributed by atoms with Crippen molar-refractivity contribution in [3.63, 3.8) is 0 Å². The molecule has 0 saturated heterocycles. The number of hydrogen-bond acceptors (Lipinski definition) is 4. The van der Waals surface area contributed by atoms with Crippen molar-refractivity contribution < 1.29 is 23.0 Å². The average Bonchev–Trinajstić information content (AvgIpc) is 2.26. The molecule has 0 spiro atoms. The normalized spacial score (nSPS) is 16.7. The Hall–Kier alpha value is -0.710. The highest BCUT2D eigenvalue weighted by Crippen LogP contribution is 2.43. The zero-order valence-corrected chi connectivity index (χ0v) is 13.7. The Morgan fingerprint density at radius 3 is 2.30 bits per heavy atom. The van der Waals surface area contributed by atoms with Crippen molar-refractivity contribution in [2.24, 2.45) is 0 Å². The van der Waals surface area contributed by atoms with E-state index >= 15 is 0 Å². The number of benzene rings is 1. The largest absolute Gasteiger partial charge is 0.756 e. The number of hydrogen-bond donors (Lipinski definition) is 0. The number of phosphoric acid groups is 1. The molecule has 0 aliphatic carbocycles. The van der Waals surface area contributed by atoms with E-state index in [1.807, 2.05) is 52.3 Å². The number of phosphoric ester groups is 1. The van der Waals surface area contributed by atoms with E-state index in [-0.39, 0.29) is 6.61 Å². The lowest BCUT2D eigenvalue weighted by Gasteiger charge is -2.29. The minimum atomic E-state index is -4.27. The summed E-state index contributed by atoms with van der Waals surface area (Å²) in [7, 11) is 1.63. The predicted molar refractivity (Wildman–Crippen MR) is 77.1 cm³/mol. The molecule has 20 heavy (non-hydrogen) atoms. The van der Waals surface area contributed by atoms with Gasteiger partial charge in [0.05, 0.1) is 27.2 Å². The van der Waals surface area contributed by atoms with Crippen LogP contribution >= 0.6 is 7.82 Å². The predicted octanol–water partition coefficient (Wildman–Crippen LogP) is 2.26. The number of quaternary nitrogens is 1.